The molecule has 0 fully saturated rings. The Morgan fingerprint density at radius 3 is 2.93 bits per heavy atom. The van der Waals surface area contributed by atoms with Crippen LogP contribution in [0.1, 0.15) is 16.7 Å². The van der Waals surface area contributed by atoms with E-state index < -0.39 is 0 Å². The molecular formula is C21H21N7OS. The molecule has 0 radical (unpaired) electrons. The number of hydrogen-bond donors (Lipinski definition) is 4. The highest BCUT2D eigenvalue weighted by Gasteiger charge is 2.08. The molecular weight excluding hydrogens is 398 g/mol. The van der Waals surface area contributed by atoms with E-state index >= 15 is 0 Å². The zero-order valence-electron chi connectivity index (χ0n) is 16.6. The Morgan fingerprint density at radius 1 is 1.20 bits per heavy atom. The Labute approximate surface area is 177 Å². The van der Waals surface area contributed by atoms with Gasteiger partial charge in [0.25, 0.3) is 0 Å². The molecule has 2 aromatic carbocycles. The lowest BCUT2D eigenvalue weighted by molar-refractivity contribution is -0.113. The molecule has 0 aliphatic heterocycles. The number of amides is 1. The van der Waals surface area contributed by atoms with Crippen molar-refractivity contribution in [3.8, 4) is 0 Å². The predicted octanol–water partition coefficient (Wildman–Crippen LogP) is 4.08. The van der Waals surface area contributed by atoms with Crippen molar-refractivity contribution >= 4 is 46.4 Å². The fourth-order valence-corrected chi connectivity index (χ4v) is 3.47. The third-order valence-electron chi connectivity index (χ3n) is 4.58. The fraction of sp³-hybridized carbons (Fsp3) is 0.143. The first-order valence-corrected chi connectivity index (χ1v) is 10.3. The number of para-hydroxylation sites is 1. The maximum Gasteiger partial charge on any atom is 0.240 e. The Kier molecular flexibility index (Phi) is 5.80. The molecule has 8 nitrogen and oxygen atoms in total. The van der Waals surface area contributed by atoms with E-state index in [-0.39, 0.29) is 11.7 Å². The molecule has 0 aliphatic carbocycles. The van der Waals surface area contributed by atoms with Crippen molar-refractivity contribution in [1.82, 2.24) is 20.2 Å². The third kappa shape index (κ3) is 4.69. The van der Waals surface area contributed by atoms with Gasteiger partial charge < -0.3 is 10.3 Å². The molecule has 152 valence electrons. The van der Waals surface area contributed by atoms with Gasteiger partial charge in [0, 0.05) is 28.4 Å². The van der Waals surface area contributed by atoms with E-state index in [9.17, 15) is 4.79 Å². The quantitative estimate of drug-likeness (QED) is 0.205. The van der Waals surface area contributed by atoms with Crippen molar-refractivity contribution in [2.75, 3.05) is 16.5 Å². The Bertz CT molecular complexity index is 1210. The monoisotopic (exact) mass is 419 g/mol. The van der Waals surface area contributed by atoms with Crippen LogP contribution < -0.4 is 10.7 Å². The van der Waals surface area contributed by atoms with Crippen LogP contribution in [0.25, 0.3) is 10.9 Å². The normalized spacial score (nSPS) is 11.3. The molecule has 30 heavy (non-hydrogen) atoms. The van der Waals surface area contributed by atoms with E-state index in [0.29, 0.717) is 11.1 Å². The molecule has 0 spiro atoms. The number of thioether (sulfide) groups is 1. The van der Waals surface area contributed by atoms with Crippen molar-refractivity contribution in [3.63, 3.8) is 0 Å². The van der Waals surface area contributed by atoms with Crippen molar-refractivity contribution in [3.05, 3.63) is 65.4 Å². The number of rotatable bonds is 7. The van der Waals surface area contributed by atoms with Gasteiger partial charge in [-0.25, -0.2) is 10.5 Å². The number of benzene rings is 2. The Balaban J connectivity index is 1.28. The Morgan fingerprint density at radius 2 is 2.07 bits per heavy atom. The number of aromatic amines is 2. The minimum atomic E-state index is -0.111. The van der Waals surface area contributed by atoms with Gasteiger partial charge in [-0.05, 0) is 43.2 Å². The summed E-state index contributed by atoms with van der Waals surface area (Å²) in [5.41, 5.74) is 7.95. The number of aryl methyl sites for hydroxylation is 2. The summed E-state index contributed by atoms with van der Waals surface area (Å²) >= 11 is 1.25. The highest BCUT2D eigenvalue weighted by atomic mass is 32.2. The molecule has 2 aromatic heterocycles. The molecule has 9 heteroatoms. The first-order chi connectivity index (χ1) is 14.6. The summed E-state index contributed by atoms with van der Waals surface area (Å²) < 4.78 is 0. The van der Waals surface area contributed by atoms with Crippen molar-refractivity contribution in [1.29, 1.82) is 0 Å². The second-order valence-corrected chi connectivity index (χ2v) is 7.70. The highest BCUT2D eigenvalue weighted by molar-refractivity contribution is 7.99. The number of aromatic nitrogens is 4. The van der Waals surface area contributed by atoms with Gasteiger partial charge in [-0.15, -0.1) is 5.10 Å². The zero-order valence-corrected chi connectivity index (χ0v) is 17.4. The van der Waals surface area contributed by atoms with Crippen LogP contribution in [0.4, 0.5) is 11.6 Å². The van der Waals surface area contributed by atoms with Gasteiger partial charge in [-0.3, -0.25) is 4.79 Å². The van der Waals surface area contributed by atoms with Gasteiger partial charge in [0.05, 0.1) is 12.0 Å². The average molecular weight is 420 g/mol. The van der Waals surface area contributed by atoms with Crippen molar-refractivity contribution in [2.45, 2.75) is 19.0 Å². The van der Waals surface area contributed by atoms with E-state index in [2.05, 4.69) is 36.0 Å². The number of fused-ring (bicyclic) bond motifs is 1. The van der Waals surface area contributed by atoms with E-state index in [4.69, 9.17) is 0 Å². The molecule has 0 bridgehead atoms. The number of nitrogens with zero attached hydrogens (tertiary/aromatic N) is 3. The summed E-state index contributed by atoms with van der Waals surface area (Å²) in [6, 6.07) is 13.8. The van der Waals surface area contributed by atoms with Crippen molar-refractivity contribution < 1.29 is 4.79 Å². The SMILES string of the molecule is Cc1ccc(NC(=O)CSc2n[nH]c(N/N=C/c3c[nH]c4ccccc34)n2)cc1C. The number of hydrazone groups is 1. The fourth-order valence-electron chi connectivity index (χ4n) is 2.87. The van der Waals surface area contributed by atoms with Crippen LogP contribution in [-0.2, 0) is 4.79 Å². The highest BCUT2D eigenvalue weighted by Crippen LogP contribution is 2.18. The lowest BCUT2D eigenvalue weighted by Gasteiger charge is -2.06. The van der Waals surface area contributed by atoms with Crippen molar-refractivity contribution in [2.24, 2.45) is 5.10 Å². The Hall–Kier alpha value is -3.59. The summed E-state index contributed by atoms with van der Waals surface area (Å²) in [5, 5.41) is 15.5. The van der Waals surface area contributed by atoms with Crippen LogP contribution in [0.15, 0.2) is 58.9 Å². The largest absolute Gasteiger partial charge is 0.361 e. The predicted molar refractivity (Wildman–Crippen MR) is 121 cm³/mol. The molecule has 4 aromatic rings. The van der Waals surface area contributed by atoms with Crippen LogP contribution in [0, 0.1) is 13.8 Å². The summed E-state index contributed by atoms with van der Waals surface area (Å²) in [5.74, 6) is 0.506. The van der Waals surface area contributed by atoms with E-state index in [1.807, 2.05) is 62.5 Å². The molecule has 0 saturated carbocycles. The van der Waals surface area contributed by atoms with E-state index in [0.717, 1.165) is 27.7 Å². The maximum absolute atomic E-state index is 12.2. The minimum Gasteiger partial charge on any atom is -0.361 e. The summed E-state index contributed by atoms with van der Waals surface area (Å²) in [4.78, 5) is 19.6. The van der Waals surface area contributed by atoms with Gasteiger partial charge in [0.2, 0.25) is 17.0 Å². The number of carbonyl (C=O) groups excluding carboxylic acids is 1. The van der Waals surface area contributed by atoms with Crippen LogP contribution in [-0.4, -0.2) is 38.0 Å². The lowest BCUT2D eigenvalue weighted by atomic mass is 10.1. The average Bonchev–Trinajstić information content (AvgIpc) is 3.37. The molecule has 2 heterocycles. The summed E-state index contributed by atoms with van der Waals surface area (Å²) in [7, 11) is 0. The first kappa shape index (κ1) is 19.7. The number of anilines is 2. The third-order valence-corrected chi connectivity index (χ3v) is 5.43. The molecule has 1 amide bonds. The van der Waals surface area contributed by atoms with Crippen LogP contribution in [0.5, 0.6) is 0 Å². The minimum absolute atomic E-state index is 0.111. The number of hydrogen-bond acceptors (Lipinski definition) is 6. The molecule has 0 saturated heterocycles. The van der Waals surface area contributed by atoms with E-state index in [1.165, 1.54) is 17.3 Å². The molecule has 4 N–H and O–H groups in total. The van der Waals surface area contributed by atoms with Gasteiger partial charge in [0.15, 0.2) is 0 Å². The summed E-state index contributed by atoms with van der Waals surface area (Å²) in [6.45, 7) is 4.05. The number of H-pyrrole nitrogens is 2. The van der Waals surface area contributed by atoms with Gasteiger partial charge >= 0.3 is 0 Å². The maximum atomic E-state index is 12.2. The molecule has 0 unspecified atom stereocenters. The smallest absolute Gasteiger partial charge is 0.240 e. The number of carbonyl (C=O) groups is 1. The van der Waals surface area contributed by atoms with Crippen LogP contribution >= 0.6 is 11.8 Å². The topological polar surface area (TPSA) is 111 Å². The van der Waals surface area contributed by atoms with Crippen LogP contribution in [0.2, 0.25) is 0 Å². The second-order valence-electron chi connectivity index (χ2n) is 6.76. The first-order valence-electron chi connectivity index (χ1n) is 9.36. The molecule has 4 rings (SSSR count). The molecule has 0 aliphatic rings. The zero-order chi connectivity index (χ0) is 20.9. The van der Waals surface area contributed by atoms with Crippen LogP contribution in [0.3, 0.4) is 0 Å². The summed E-state index contributed by atoms with van der Waals surface area (Å²) in [6.07, 6.45) is 3.61. The van der Waals surface area contributed by atoms with Gasteiger partial charge in [0.1, 0.15) is 0 Å². The molecule has 0 atom stereocenters. The van der Waals surface area contributed by atoms with Gasteiger partial charge in [-0.2, -0.15) is 10.1 Å². The second kappa shape index (κ2) is 8.83. The van der Waals surface area contributed by atoms with E-state index in [1.54, 1.807) is 6.21 Å². The van der Waals surface area contributed by atoms with Gasteiger partial charge in [-0.1, -0.05) is 36.0 Å². The number of nitrogens with one attached hydrogen (secondary N) is 4. The lowest BCUT2D eigenvalue weighted by Crippen LogP contribution is -2.14. The standard InChI is InChI=1S/C21H21N7OS/c1-13-7-8-16(9-14(13)2)24-19(29)12-30-21-25-20(27-28-21)26-23-11-15-10-22-18-6-4-3-5-17(15)18/h3-11,22H,12H2,1-2H3,(H,24,29)(H2,25,26,27,28)/b23-11+.